The first-order chi connectivity index (χ1) is 28.7. The Labute approximate surface area is 343 Å². The normalized spacial score (nSPS) is 17.1. The monoisotopic (exact) mass is 850 g/mol. The zero-order valence-corrected chi connectivity index (χ0v) is 33.1. The van der Waals surface area contributed by atoms with Crippen LogP contribution in [0.2, 0.25) is 0 Å². The van der Waals surface area contributed by atoms with Crippen LogP contribution in [0.1, 0.15) is 55.0 Å². The van der Waals surface area contributed by atoms with Crippen LogP contribution in [0.4, 0.5) is 29.3 Å². The number of aliphatic hydroxyl groups excluding tert-OH is 1. The number of nitrogens with one attached hydrogen (secondary N) is 3. The maximum atomic E-state index is 14.6. The minimum Gasteiger partial charge on any atom is -0.493 e. The van der Waals surface area contributed by atoms with Crippen molar-refractivity contribution in [3.63, 3.8) is 0 Å². The van der Waals surface area contributed by atoms with Gasteiger partial charge in [-0.15, -0.1) is 11.6 Å². The average molecular weight is 851 g/mol. The van der Waals surface area contributed by atoms with Crippen LogP contribution >= 0.6 is 11.6 Å². The number of fused-ring (bicyclic) bond motifs is 5. The molecule has 0 bridgehead atoms. The van der Waals surface area contributed by atoms with E-state index in [1.807, 2.05) is 11.9 Å². The van der Waals surface area contributed by atoms with Crippen LogP contribution in [0, 0.1) is 0 Å². The Balaban J connectivity index is 1.17. The number of esters is 1. The summed E-state index contributed by atoms with van der Waals surface area (Å²) < 4.78 is 65.7. The third kappa shape index (κ3) is 7.13. The van der Waals surface area contributed by atoms with Gasteiger partial charge in [-0.1, -0.05) is 12.1 Å². The number of methoxy groups -OCH3 is 2. The fraction of sp³-hybridized carbons (Fsp3) is 0.317. The first-order valence-electron chi connectivity index (χ1n) is 18.8. The number of anilines is 2. The summed E-state index contributed by atoms with van der Waals surface area (Å²) in [4.78, 5) is 64.7. The number of piperazine rings is 1. The van der Waals surface area contributed by atoms with Crippen LogP contribution in [0.5, 0.6) is 11.5 Å². The lowest BCUT2D eigenvalue weighted by atomic mass is 9.95. The largest absolute Gasteiger partial charge is 0.493 e. The number of likely N-dealkylation sites (N-methyl/N-ethyl adjacent to an activating group) is 1. The van der Waals surface area contributed by atoms with Gasteiger partial charge in [-0.25, -0.2) is 9.59 Å². The third-order valence-electron chi connectivity index (χ3n) is 10.9. The molecule has 6 aromatic rings. The minimum absolute atomic E-state index is 0.0499. The van der Waals surface area contributed by atoms with Gasteiger partial charge in [-0.05, 0) is 55.4 Å². The van der Waals surface area contributed by atoms with Gasteiger partial charge in [-0.2, -0.15) is 13.2 Å². The summed E-state index contributed by atoms with van der Waals surface area (Å²) in [5.74, 6) is -3.21. The summed E-state index contributed by atoms with van der Waals surface area (Å²) in [5, 5.41) is 13.5. The molecule has 5 heterocycles. The number of aromatic nitrogens is 2. The number of alkyl halides is 4. The Morgan fingerprint density at radius 1 is 1.00 bits per heavy atom. The summed E-state index contributed by atoms with van der Waals surface area (Å²) in [6.07, 6.45) is -5.75. The number of furan rings is 1. The fourth-order valence-corrected chi connectivity index (χ4v) is 8.34. The number of ether oxygens (including phenoxy) is 3. The van der Waals surface area contributed by atoms with Crippen molar-refractivity contribution in [3.05, 3.63) is 82.9 Å². The molecule has 0 radical (unpaired) electrons. The number of aromatic amines is 2. The number of halogens is 4. The molecule has 2 aliphatic heterocycles. The number of amides is 3. The van der Waals surface area contributed by atoms with E-state index in [1.54, 1.807) is 48.5 Å². The molecule has 19 heteroatoms. The van der Waals surface area contributed by atoms with Crippen molar-refractivity contribution in [3.8, 4) is 11.5 Å². The molecule has 0 spiro atoms. The maximum absolute atomic E-state index is 14.6. The van der Waals surface area contributed by atoms with Crippen LogP contribution in [-0.4, -0.2) is 115 Å². The number of carbonyl (C=O) groups excluding carboxylic acids is 4. The molecule has 4 N–H and O–H groups in total. The fourth-order valence-electron chi connectivity index (χ4n) is 8.09. The smallest absolute Gasteiger partial charge is 0.432 e. The highest BCUT2D eigenvalue weighted by Crippen LogP contribution is 2.50. The second kappa shape index (κ2) is 15.7. The van der Waals surface area contributed by atoms with E-state index < -0.39 is 53.3 Å². The zero-order valence-electron chi connectivity index (χ0n) is 32.4. The van der Waals surface area contributed by atoms with E-state index in [2.05, 4.69) is 15.3 Å². The molecule has 8 rings (SSSR count). The number of rotatable bonds is 9. The standard InChI is InChI=1S/C41H38ClF3N6O9/c1-49-10-11-50(24(19-49)9-12-52)40(56)60-29-16-27-31(32-33(39(55)58-3)36(41(43,44)45)48-34(29)32)22(17-42)18-51(27)38(54)26-14-21-13-23(7-8-25(21)47-26)46-37(53)30-15-20-5-4-6-28(57-2)35(20)59-30/h4-8,13-16,22,24,47-48,52H,9-12,17-19H2,1-3H3,(H,46,53)/t22-,24?/m1/s1. The predicted octanol–water partition coefficient (Wildman–Crippen LogP) is 6.94. The topological polar surface area (TPSA) is 183 Å². The molecule has 3 aromatic heterocycles. The Morgan fingerprint density at radius 2 is 1.80 bits per heavy atom. The number of para-hydroxylation sites is 1. The molecule has 2 aliphatic rings. The molecule has 15 nitrogen and oxygen atoms in total. The van der Waals surface area contributed by atoms with Crippen molar-refractivity contribution in [2.24, 2.45) is 0 Å². The molecule has 3 aromatic carbocycles. The predicted molar refractivity (Wildman–Crippen MR) is 215 cm³/mol. The number of carbonyl (C=O) groups is 4. The number of hydrogen-bond acceptors (Lipinski definition) is 10. The van der Waals surface area contributed by atoms with Gasteiger partial charge < -0.3 is 53.7 Å². The average Bonchev–Trinajstić information content (AvgIpc) is 4.02. The van der Waals surface area contributed by atoms with Gasteiger partial charge >= 0.3 is 18.2 Å². The van der Waals surface area contributed by atoms with Crippen LogP contribution in [-0.2, 0) is 10.9 Å². The summed E-state index contributed by atoms with van der Waals surface area (Å²) >= 11 is 6.44. The van der Waals surface area contributed by atoms with Crippen LogP contribution in [0.25, 0.3) is 32.8 Å². The molecule has 1 unspecified atom stereocenters. The quantitative estimate of drug-likeness (QED) is 0.0879. The van der Waals surface area contributed by atoms with Crippen molar-refractivity contribution >= 4 is 79.6 Å². The van der Waals surface area contributed by atoms with Crippen LogP contribution < -0.4 is 19.7 Å². The van der Waals surface area contributed by atoms with Gasteiger partial charge in [0.25, 0.3) is 11.8 Å². The molecule has 3 amide bonds. The summed E-state index contributed by atoms with van der Waals surface area (Å²) in [6.45, 7) is 0.766. The molecule has 1 fully saturated rings. The SMILES string of the molecule is COC(=O)c1c(C(F)(F)F)[nH]c2c(OC(=O)N3CCN(C)CC3CCO)cc3c(c12)[C@H](CCl)CN3C(=O)c1cc2cc(NC(=O)c3cc4cccc(OC)c4o3)ccc2[nH]1. The first kappa shape index (κ1) is 40.5. The van der Waals surface area contributed by atoms with Gasteiger partial charge in [0, 0.05) is 84.1 Å². The number of nitrogens with zero attached hydrogens (tertiary/aromatic N) is 3. The van der Waals surface area contributed by atoms with E-state index in [9.17, 15) is 37.5 Å². The molecule has 1 saturated heterocycles. The summed E-state index contributed by atoms with van der Waals surface area (Å²) in [7, 11) is 4.29. The molecule has 314 valence electrons. The van der Waals surface area contributed by atoms with Crippen molar-refractivity contribution in [1.29, 1.82) is 0 Å². The molecular weight excluding hydrogens is 813 g/mol. The highest BCUT2D eigenvalue weighted by atomic mass is 35.5. The lowest BCUT2D eigenvalue weighted by molar-refractivity contribution is -0.141. The Kier molecular flexibility index (Phi) is 10.6. The third-order valence-corrected chi connectivity index (χ3v) is 11.3. The highest BCUT2D eigenvalue weighted by molar-refractivity contribution is 6.20. The van der Waals surface area contributed by atoms with Crippen molar-refractivity contribution in [1.82, 2.24) is 19.8 Å². The van der Waals surface area contributed by atoms with Crippen molar-refractivity contribution in [2.75, 3.05) is 70.1 Å². The van der Waals surface area contributed by atoms with E-state index in [-0.39, 0.29) is 71.4 Å². The van der Waals surface area contributed by atoms with E-state index in [0.29, 0.717) is 46.4 Å². The number of aliphatic hydroxyl groups is 1. The Hall–Kier alpha value is -6.24. The number of benzene rings is 3. The van der Waals surface area contributed by atoms with Gasteiger partial charge in [0.15, 0.2) is 22.8 Å². The second-order valence-electron chi connectivity index (χ2n) is 14.6. The molecular formula is C41H38ClF3N6O9. The molecule has 2 atom stereocenters. The van der Waals surface area contributed by atoms with E-state index in [0.717, 1.165) is 7.11 Å². The molecule has 0 saturated carbocycles. The van der Waals surface area contributed by atoms with E-state index >= 15 is 0 Å². The Bertz CT molecular complexity index is 2690. The molecule has 0 aliphatic carbocycles. The van der Waals surface area contributed by atoms with Crippen LogP contribution in [0.3, 0.4) is 0 Å². The zero-order chi connectivity index (χ0) is 42.6. The first-order valence-corrected chi connectivity index (χ1v) is 19.3. The highest BCUT2D eigenvalue weighted by Gasteiger charge is 2.44. The van der Waals surface area contributed by atoms with Gasteiger partial charge in [-0.3, -0.25) is 9.59 Å². The number of H-pyrrole nitrogens is 2. The van der Waals surface area contributed by atoms with Crippen LogP contribution in [0.15, 0.2) is 59.0 Å². The maximum Gasteiger partial charge on any atom is 0.432 e. The van der Waals surface area contributed by atoms with Crippen molar-refractivity contribution < 1.29 is 56.1 Å². The molecule has 60 heavy (non-hydrogen) atoms. The van der Waals surface area contributed by atoms with Gasteiger partial charge in [0.1, 0.15) is 11.4 Å². The lowest BCUT2D eigenvalue weighted by Crippen LogP contribution is -2.55. The minimum atomic E-state index is -5.08. The van der Waals surface area contributed by atoms with E-state index in [4.69, 9.17) is 30.2 Å². The van der Waals surface area contributed by atoms with Gasteiger partial charge in [0.05, 0.1) is 31.0 Å². The lowest BCUT2D eigenvalue weighted by Gasteiger charge is -2.39. The summed E-state index contributed by atoms with van der Waals surface area (Å²) in [6, 6.07) is 14.2. The van der Waals surface area contributed by atoms with Gasteiger partial charge in [0.2, 0.25) is 0 Å². The number of hydrogen-bond donors (Lipinski definition) is 4. The Morgan fingerprint density at radius 3 is 2.52 bits per heavy atom. The summed E-state index contributed by atoms with van der Waals surface area (Å²) in [5.41, 5.74) is -0.940. The van der Waals surface area contributed by atoms with Crippen molar-refractivity contribution in [2.45, 2.75) is 24.6 Å². The van der Waals surface area contributed by atoms with E-state index in [1.165, 1.54) is 23.0 Å². The second-order valence-corrected chi connectivity index (χ2v) is 14.9.